The lowest BCUT2D eigenvalue weighted by molar-refractivity contribution is -0.128. The van der Waals surface area contributed by atoms with Crippen molar-refractivity contribution in [1.29, 1.82) is 0 Å². The van der Waals surface area contributed by atoms with E-state index in [1.165, 1.54) is 19.3 Å². The fraction of sp³-hybridized carbons (Fsp3) is 0.889. The molecule has 1 aliphatic heterocycles. The number of nitrogens with one attached hydrogen (secondary N) is 2. The summed E-state index contributed by atoms with van der Waals surface area (Å²) < 4.78 is 0. The topological polar surface area (TPSA) is 56.7 Å². The molecule has 2 N–H and O–H groups in total. The van der Waals surface area contributed by atoms with Crippen molar-refractivity contribution in [1.82, 2.24) is 15.5 Å². The molecule has 0 aromatic carbocycles. The van der Waals surface area contributed by atoms with Crippen LogP contribution in [0.15, 0.2) is 4.99 Å². The average Bonchev–Trinajstić information content (AvgIpc) is 2.97. The molecule has 1 aliphatic rings. The van der Waals surface area contributed by atoms with E-state index in [1.54, 1.807) is 0 Å². The molecule has 5 nitrogen and oxygen atoms in total. The van der Waals surface area contributed by atoms with Crippen LogP contribution in [0.4, 0.5) is 0 Å². The van der Waals surface area contributed by atoms with E-state index in [1.807, 2.05) is 27.8 Å². The highest BCUT2D eigenvalue weighted by Crippen LogP contribution is 2.28. The molecule has 0 radical (unpaired) electrons. The highest BCUT2D eigenvalue weighted by molar-refractivity contribution is 14.0. The summed E-state index contributed by atoms with van der Waals surface area (Å²) in [5.41, 5.74) is -0.334. The van der Waals surface area contributed by atoms with Gasteiger partial charge in [-0.05, 0) is 18.3 Å². The van der Waals surface area contributed by atoms with Crippen molar-refractivity contribution < 1.29 is 4.79 Å². The number of guanidine groups is 1. The monoisotopic (exact) mass is 452 g/mol. The van der Waals surface area contributed by atoms with Gasteiger partial charge >= 0.3 is 0 Å². The molecule has 6 heteroatoms. The standard InChI is InChI=1S/C18H36N4O.HI/c1-7-14(8-2)15-9-12-22(13-15)17(19-6)21-11-10-20-16(23)18(3,4)5;/h14-15H,7-13H2,1-6H3,(H,19,21)(H,20,23);1H. The largest absolute Gasteiger partial charge is 0.354 e. The lowest BCUT2D eigenvalue weighted by atomic mass is 9.87. The van der Waals surface area contributed by atoms with E-state index >= 15 is 0 Å². The fourth-order valence-corrected chi connectivity index (χ4v) is 3.27. The molecular weight excluding hydrogens is 415 g/mol. The third-order valence-electron chi connectivity index (χ3n) is 4.83. The zero-order chi connectivity index (χ0) is 17.5. The van der Waals surface area contributed by atoms with Gasteiger partial charge in [-0.25, -0.2) is 0 Å². The zero-order valence-electron chi connectivity index (χ0n) is 16.3. The Balaban J connectivity index is 0.00000529. The first kappa shape index (κ1) is 23.5. The van der Waals surface area contributed by atoms with E-state index in [0.29, 0.717) is 13.1 Å². The predicted octanol–water partition coefficient (Wildman–Crippen LogP) is 3.10. The number of hydrogen-bond acceptors (Lipinski definition) is 2. The van der Waals surface area contributed by atoms with Gasteiger partial charge in [0.05, 0.1) is 0 Å². The van der Waals surface area contributed by atoms with Crippen LogP contribution in [0.1, 0.15) is 53.9 Å². The third-order valence-corrected chi connectivity index (χ3v) is 4.83. The Kier molecular flexibility index (Phi) is 10.9. The van der Waals surface area contributed by atoms with E-state index in [2.05, 4.69) is 34.4 Å². The summed E-state index contributed by atoms with van der Waals surface area (Å²) in [6.45, 7) is 13.9. The first-order valence-electron chi connectivity index (χ1n) is 9.07. The molecule has 1 amide bonds. The number of amides is 1. The van der Waals surface area contributed by atoms with E-state index in [4.69, 9.17) is 0 Å². The van der Waals surface area contributed by atoms with Crippen LogP contribution in [-0.2, 0) is 4.79 Å². The van der Waals surface area contributed by atoms with Gasteiger partial charge in [0, 0.05) is 38.6 Å². The lowest BCUT2D eigenvalue weighted by Crippen LogP contribution is -2.44. The maximum absolute atomic E-state index is 11.8. The molecule has 0 aromatic rings. The quantitative estimate of drug-likeness (QED) is 0.282. The second-order valence-corrected chi connectivity index (χ2v) is 7.55. The first-order valence-corrected chi connectivity index (χ1v) is 9.07. The van der Waals surface area contributed by atoms with Crippen LogP contribution in [0.3, 0.4) is 0 Å². The number of hydrogen-bond donors (Lipinski definition) is 2. The van der Waals surface area contributed by atoms with Gasteiger partial charge in [0.2, 0.25) is 5.91 Å². The van der Waals surface area contributed by atoms with Crippen molar-refractivity contribution in [2.24, 2.45) is 22.2 Å². The van der Waals surface area contributed by atoms with Gasteiger partial charge in [-0.3, -0.25) is 9.79 Å². The molecule has 1 rings (SSSR count). The van der Waals surface area contributed by atoms with E-state index in [0.717, 1.165) is 30.9 Å². The molecule has 142 valence electrons. The van der Waals surface area contributed by atoms with Gasteiger partial charge in [0.15, 0.2) is 5.96 Å². The van der Waals surface area contributed by atoms with E-state index in [-0.39, 0.29) is 35.3 Å². The summed E-state index contributed by atoms with van der Waals surface area (Å²) in [7, 11) is 1.83. The van der Waals surface area contributed by atoms with Crippen LogP contribution >= 0.6 is 24.0 Å². The van der Waals surface area contributed by atoms with Crippen LogP contribution in [0.25, 0.3) is 0 Å². The number of aliphatic imine (C=N–C) groups is 1. The van der Waals surface area contributed by atoms with Crippen LogP contribution in [0.5, 0.6) is 0 Å². The molecule has 1 unspecified atom stereocenters. The first-order chi connectivity index (χ1) is 10.8. The molecule has 1 saturated heterocycles. The van der Waals surface area contributed by atoms with Crippen molar-refractivity contribution in [3.63, 3.8) is 0 Å². The minimum absolute atomic E-state index is 0. The average molecular weight is 452 g/mol. The number of carbonyl (C=O) groups excluding carboxylic acids is 1. The molecule has 0 aliphatic carbocycles. The highest BCUT2D eigenvalue weighted by atomic mass is 127. The molecule has 0 bridgehead atoms. The Hall–Kier alpha value is -0.530. The van der Waals surface area contributed by atoms with Gasteiger partial charge < -0.3 is 15.5 Å². The molecular formula is C18H37IN4O. The zero-order valence-corrected chi connectivity index (χ0v) is 18.6. The van der Waals surface area contributed by atoms with Crippen molar-refractivity contribution >= 4 is 35.8 Å². The van der Waals surface area contributed by atoms with Crippen LogP contribution < -0.4 is 10.6 Å². The van der Waals surface area contributed by atoms with Gasteiger partial charge in [-0.1, -0.05) is 47.5 Å². The predicted molar refractivity (Wildman–Crippen MR) is 113 cm³/mol. The smallest absolute Gasteiger partial charge is 0.225 e. The highest BCUT2D eigenvalue weighted by Gasteiger charge is 2.29. The number of likely N-dealkylation sites (tertiary alicyclic amines) is 1. The summed E-state index contributed by atoms with van der Waals surface area (Å²) in [6, 6.07) is 0. The van der Waals surface area contributed by atoms with E-state index in [9.17, 15) is 4.79 Å². The van der Waals surface area contributed by atoms with E-state index < -0.39 is 0 Å². The van der Waals surface area contributed by atoms with Crippen molar-refractivity contribution in [2.45, 2.75) is 53.9 Å². The SMILES string of the molecule is CCC(CC)C1CCN(C(=NC)NCCNC(=O)C(C)(C)C)C1.I. The van der Waals surface area contributed by atoms with Gasteiger partial charge in [0.25, 0.3) is 0 Å². The normalized spacial score (nSPS) is 18.5. The number of rotatable bonds is 6. The maximum Gasteiger partial charge on any atom is 0.225 e. The Labute approximate surface area is 165 Å². The summed E-state index contributed by atoms with van der Waals surface area (Å²) in [5.74, 6) is 2.65. The summed E-state index contributed by atoms with van der Waals surface area (Å²) in [4.78, 5) is 18.6. The fourth-order valence-electron chi connectivity index (χ4n) is 3.27. The summed E-state index contributed by atoms with van der Waals surface area (Å²) >= 11 is 0. The second kappa shape index (κ2) is 11.2. The molecule has 1 heterocycles. The lowest BCUT2D eigenvalue weighted by Gasteiger charge is -2.24. The second-order valence-electron chi connectivity index (χ2n) is 7.55. The van der Waals surface area contributed by atoms with Crippen molar-refractivity contribution in [3.8, 4) is 0 Å². The number of carbonyl (C=O) groups is 1. The van der Waals surface area contributed by atoms with Crippen molar-refractivity contribution in [3.05, 3.63) is 0 Å². The van der Waals surface area contributed by atoms with Crippen LogP contribution in [0, 0.1) is 17.3 Å². The van der Waals surface area contributed by atoms with Gasteiger partial charge in [-0.15, -0.1) is 24.0 Å². The molecule has 0 spiro atoms. The molecule has 1 fully saturated rings. The van der Waals surface area contributed by atoms with Crippen LogP contribution in [0.2, 0.25) is 0 Å². The Morgan fingerprint density at radius 3 is 2.29 bits per heavy atom. The maximum atomic E-state index is 11.8. The number of halogens is 1. The Bertz CT molecular complexity index is 402. The minimum Gasteiger partial charge on any atom is -0.354 e. The molecule has 1 atom stereocenters. The molecule has 0 saturated carbocycles. The van der Waals surface area contributed by atoms with Crippen molar-refractivity contribution in [2.75, 3.05) is 33.2 Å². The molecule has 0 aromatic heterocycles. The van der Waals surface area contributed by atoms with Gasteiger partial charge in [0.1, 0.15) is 0 Å². The summed E-state index contributed by atoms with van der Waals surface area (Å²) in [6.07, 6.45) is 3.79. The Morgan fingerprint density at radius 2 is 1.79 bits per heavy atom. The Morgan fingerprint density at radius 1 is 1.21 bits per heavy atom. The summed E-state index contributed by atoms with van der Waals surface area (Å²) in [5, 5.41) is 6.34. The molecule has 24 heavy (non-hydrogen) atoms. The third kappa shape index (κ3) is 7.15. The minimum atomic E-state index is -0.334. The van der Waals surface area contributed by atoms with Crippen LogP contribution in [-0.4, -0.2) is 50.0 Å². The van der Waals surface area contributed by atoms with Gasteiger partial charge in [-0.2, -0.15) is 0 Å². The number of nitrogens with zero attached hydrogens (tertiary/aromatic N) is 2.